The third-order valence-corrected chi connectivity index (χ3v) is 2.41. The van der Waals surface area contributed by atoms with Crippen LogP contribution in [-0.4, -0.2) is 26.1 Å². The Bertz CT molecular complexity index is 288. The van der Waals surface area contributed by atoms with Crippen LogP contribution in [0.15, 0.2) is 24.3 Å². The lowest BCUT2D eigenvalue weighted by atomic mass is 10.2. The number of hydrogen-bond acceptors (Lipinski definition) is 3. The van der Waals surface area contributed by atoms with E-state index in [4.69, 9.17) is 14.2 Å². The van der Waals surface area contributed by atoms with Gasteiger partial charge in [0.05, 0.1) is 13.2 Å². The van der Waals surface area contributed by atoms with E-state index in [2.05, 4.69) is 19.1 Å². The Kier molecular flexibility index (Phi) is 3.59. The van der Waals surface area contributed by atoms with Gasteiger partial charge in [0.1, 0.15) is 12.4 Å². The molecule has 2 rings (SSSR count). The van der Waals surface area contributed by atoms with Crippen molar-refractivity contribution in [2.45, 2.75) is 19.6 Å². The molecule has 1 saturated heterocycles. The molecule has 1 aliphatic heterocycles. The fourth-order valence-electron chi connectivity index (χ4n) is 1.49. The minimum atomic E-state index is -0.198. The van der Waals surface area contributed by atoms with E-state index in [-0.39, 0.29) is 6.29 Å². The predicted octanol–water partition coefficient (Wildman–Crippen LogP) is 2.00. The van der Waals surface area contributed by atoms with Gasteiger partial charge in [-0.1, -0.05) is 19.1 Å². The molecule has 0 bridgehead atoms. The molecule has 3 nitrogen and oxygen atoms in total. The molecule has 1 heterocycles. The van der Waals surface area contributed by atoms with E-state index < -0.39 is 0 Å². The van der Waals surface area contributed by atoms with E-state index in [1.54, 1.807) is 0 Å². The fourth-order valence-corrected chi connectivity index (χ4v) is 1.49. The van der Waals surface area contributed by atoms with Crippen molar-refractivity contribution < 1.29 is 14.2 Å². The number of aryl methyl sites for hydroxylation is 1. The molecule has 0 aromatic heterocycles. The summed E-state index contributed by atoms with van der Waals surface area (Å²) < 4.78 is 16.1. The molecule has 1 aromatic carbocycles. The fraction of sp³-hybridized carbons (Fsp3) is 0.500. The molecular weight excluding hydrogens is 192 g/mol. The summed E-state index contributed by atoms with van der Waals surface area (Å²) in [4.78, 5) is 0. The van der Waals surface area contributed by atoms with Crippen molar-refractivity contribution >= 4 is 0 Å². The molecule has 0 unspecified atom stereocenters. The van der Waals surface area contributed by atoms with Gasteiger partial charge in [-0.05, 0) is 24.1 Å². The highest BCUT2D eigenvalue weighted by Crippen LogP contribution is 2.14. The lowest BCUT2D eigenvalue weighted by molar-refractivity contribution is -0.0684. The van der Waals surface area contributed by atoms with E-state index in [0.29, 0.717) is 19.8 Å². The minimum Gasteiger partial charge on any atom is -0.488 e. The van der Waals surface area contributed by atoms with Gasteiger partial charge in [0.25, 0.3) is 0 Å². The van der Waals surface area contributed by atoms with Gasteiger partial charge in [-0.2, -0.15) is 0 Å². The number of hydrogen-bond donors (Lipinski definition) is 0. The summed E-state index contributed by atoms with van der Waals surface area (Å²) in [6, 6.07) is 8.11. The highest BCUT2D eigenvalue weighted by Gasteiger charge is 2.16. The summed E-state index contributed by atoms with van der Waals surface area (Å²) in [5.41, 5.74) is 1.32. The maximum Gasteiger partial charge on any atom is 0.191 e. The Hall–Kier alpha value is -1.06. The second-order valence-corrected chi connectivity index (χ2v) is 3.48. The second kappa shape index (κ2) is 5.14. The number of rotatable bonds is 4. The molecule has 0 N–H and O–H groups in total. The first kappa shape index (κ1) is 10.5. The standard InChI is InChI=1S/C12H16O3/c1-2-10-3-5-11(6-4-10)15-9-12-13-7-8-14-12/h3-6,12H,2,7-9H2,1H3. The molecule has 82 valence electrons. The van der Waals surface area contributed by atoms with Crippen molar-refractivity contribution in [3.63, 3.8) is 0 Å². The van der Waals surface area contributed by atoms with Crippen molar-refractivity contribution in [1.29, 1.82) is 0 Å². The van der Waals surface area contributed by atoms with E-state index in [1.165, 1.54) is 5.56 Å². The number of benzene rings is 1. The zero-order valence-corrected chi connectivity index (χ0v) is 8.94. The van der Waals surface area contributed by atoms with Crippen LogP contribution in [0.4, 0.5) is 0 Å². The number of ether oxygens (including phenoxy) is 3. The lowest BCUT2D eigenvalue weighted by Crippen LogP contribution is -2.18. The van der Waals surface area contributed by atoms with Crippen LogP contribution in [0, 0.1) is 0 Å². The molecule has 0 saturated carbocycles. The SMILES string of the molecule is CCc1ccc(OCC2OCCO2)cc1. The van der Waals surface area contributed by atoms with Crippen LogP contribution < -0.4 is 4.74 Å². The third kappa shape index (κ3) is 2.94. The van der Waals surface area contributed by atoms with Gasteiger partial charge in [0.2, 0.25) is 0 Å². The average Bonchev–Trinajstić information content (AvgIpc) is 2.80. The summed E-state index contributed by atoms with van der Waals surface area (Å²) in [5.74, 6) is 0.867. The molecule has 1 aromatic rings. The van der Waals surface area contributed by atoms with E-state index in [9.17, 15) is 0 Å². The normalized spacial score (nSPS) is 16.9. The summed E-state index contributed by atoms with van der Waals surface area (Å²) in [7, 11) is 0. The first-order valence-electron chi connectivity index (χ1n) is 5.33. The molecular formula is C12H16O3. The van der Waals surface area contributed by atoms with Crippen LogP contribution in [0.2, 0.25) is 0 Å². The third-order valence-electron chi connectivity index (χ3n) is 2.41. The molecule has 1 aliphatic rings. The average molecular weight is 208 g/mol. The van der Waals surface area contributed by atoms with Gasteiger partial charge in [-0.15, -0.1) is 0 Å². The van der Waals surface area contributed by atoms with E-state index in [0.717, 1.165) is 12.2 Å². The van der Waals surface area contributed by atoms with Crippen molar-refractivity contribution in [3.8, 4) is 5.75 Å². The van der Waals surface area contributed by atoms with Crippen LogP contribution >= 0.6 is 0 Å². The first-order chi connectivity index (χ1) is 7.38. The van der Waals surface area contributed by atoms with E-state index in [1.807, 2.05) is 12.1 Å². The van der Waals surface area contributed by atoms with Gasteiger partial charge in [0.15, 0.2) is 6.29 Å². The highest BCUT2D eigenvalue weighted by molar-refractivity contribution is 5.27. The molecule has 0 spiro atoms. The predicted molar refractivity (Wildman–Crippen MR) is 57.0 cm³/mol. The van der Waals surface area contributed by atoms with Crippen molar-refractivity contribution in [2.24, 2.45) is 0 Å². The van der Waals surface area contributed by atoms with Gasteiger partial charge in [-0.25, -0.2) is 0 Å². The summed E-state index contributed by atoms with van der Waals surface area (Å²) in [5, 5.41) is 0. The van der Waals surface area contributed by atoms with Crippen molar-refractivity contribution in [2.75, 3.05) is 19.8 Å². The Morgan fingerprint density at radius 3 is 2.47 bits per heavy atom. The largest absolute Gasteiger partial charge is 0.488 e. The van der Waals surface area contributed by atoms with Crippen LogP contribution in [0.1, 0.15) is 12.5 Å². The van der Waals surface area contributed by atoms with E-state index >= 15 is 0 Å². The van der Waals surface area contributed by atoms with Gasteiger partial charge in [0, 0.05) is 0 Å². The molecule has 0 atom stereocenters. The topological polar surface area (TPSA) is 27.7 Å². The summed E-state index contributed by atoms with van der Waals surface area (Å²) in [6.45, 7) is 3.94. The molecule has 0 radical (unpaired) electrons. The smallest absolute Gasteiger partial charge is 0.191 e. The van der Waals surface area contributed by atoms with Gasteiger partial charge in [-0.3, -0.25) is 0 Å². The Morgan fingerprint density at radius 2 is 1.87 bits per heavy atom. The highest BCUT2D eigenvalue weighted by atomic mass is 16.7. The summed E-state index contributed by atoms with van der Waals surface area (Å²) in [6.07, 6.45) is 0.852. The quantitative estimate of drug-likeness (QED) is 0.757. The van der Waals surface area contributed by atoms with Gasteiger partial charge < -0.3 is 14.2 Å². The molecule has 1 fully saturated rings. The molecule has 0 amide bonds. The van der Waals surface area contributed by atoms with Crippen LogP contribution in [0.25, 0.3) is 0 Å². The maximum atomic E-state index is 5.54. The minimum absolute atomic E-state index is 0.198. The Labute approximate surface area is 90.0 Å². The molecule has 15 heavy (non-hydrogen) atoms. The Balaban J connectivity index is 1.82. The molecule has 0 aliphatic carbocycles. The second-order valence-electron chi connectivity index (χ2n) is 3.48. The Morgan fingerprint density at radius 1 is 1.20 bits per heavy atom. The van der Waals surface area contributed by atoms with Crippen molar-refractivity contribution in [3.05, 3.63) is 29.8 Å². The molecule has 3 heteroatoms. The van der Waals surface area contributed by atoms with Crippen LogP contribution in [0.5, 0.6) is 5.75 Å². The summed E-state index contributed by atoms with van der Waals surface area (Å²) >= 11 is 0. The van der Waals surface area contributed by atoms with Crippen molar-refractivity contribution in [1.82, 2.24) is 0 Å². The van der Waals surface area contributed by atoms with Crippen LogP contribution in [-0.2, 0) is 15.9 Å². The lowest BCUT2D eigenvalue weighted by Gasteiger charge is -2.11. The monoisotopic (exact) mass is 208 g/mol. The first-order valence-corrected chi connectivity index (χ1v) is 5.33. The maximum absolute atomic E-state index is 5.54. The zero-order chi connectivity index (χ0) is 10.5. The van der Waals surface area contributed by atoms with Gasteiger partial charge >= 0.3 is 0 Å². The van der Waals surface area contributed by atoms with Crippen LogP contribution in [0.3, 0.4) is 0 Å². The zero-order valence-electron chi connectivity index (χ0n) is 8.94.